The van der Waals surface area contributed by atoms with Gasteiger partial charge in [0.2, 0.25) is 5.75 Å². The van der Waals surface area contributed by atoms with Crippen molar-refractivity contribution in [1.82, 2.24) is 5.32 Å². The van der Waals surface area contributed by atoms with Crippen molar-refractivity contribution in [2.24, 2.45) is 0 Å². The number of thiocarbonyl (C=S) groups is 1. The zero-order valence-electron chi connectivity index (χ0n) is 13.4. The van der Waals surface area contributed by atoms with Crippen LogP contribution < -0.4 is 24.8 Å². The molecule has 0 amide bonds. The summed E-state index contributed by atoms with van der Waals surface area (Å²) in [5, 5.41) is 6.46. The number of methoxy groups -OCH3 is 5. The minimum Gasteiger partial charge on any atom is -0.493 e. The first kappa shape index (κ1) is 18.3. The lowest BCUT2D eigenvalue weighted by Crippen LogP contribution is -2.36. The highest BCUT2D eigenvalue weighted by Gasteiger charge is 2.14. The van der Waals surface area contributed by atoms with Gasteiger partial charge in [-0.2, -0.15) is 0 Å². The van der Waals surface area contributed by atoms with Crippen LogP contribution in [0.25, 0.3) is 0 Å². The fourth-order valence-electron chi connectivity index (χ4n) is 1.77. The van der Waals surface area contributed by atoms with Crippen LogP contribution in [-0.2, 0) is 9.47 Å². The average molecular weight is 330 g/mol. The van der Waals surface area contributed by atoms with Crippen LogP contribution >= 0.6 is 12.2 Å². The summed E-state index contributed by atoms with van der Waals surface area (Å²) in [6.45, 7) is 0.420. The topological polar surface area (TPSA) is 70.2 Å². The summed E-state index contributed by atoms with van der Waals surface area (Å²) in [5.41, 5.74) is 0.707. The van der Waals surface area contributed by atoms with Crippen LogP contribution in [-0.4, -0.2) is 53.5 Å². The maximum atomic E-state index is 5.29. The molecular weight excluding hydrogens is 308 g/mol. The van der Waals surface area contributed by atoms with E-state index in [1.807, 2.05) is 0 Å². The Labute approximate surface area is 135 Å². The zero-order valence-corrected chi connectivity index (χ0v) is 14.2. The lowest BCUT2D eigenvalue weighted by Gasteiger charge is -2.18. The first-order chi connectivity index (χ1) is 10.6. The van der Waals surface area contributed by atoms with Gasteiger partial charge in [-0.1, -0.05) is 0 Å². The first-order valence-electron chi connectivity index (χ1n) is 6.50. The Morgan fingerprint density at radius 2 is 1.55 bits per heavy atom. The molecule has 22 heavy (non-hydrogen) atoms. The van der Waals surface area contributed by atoms with Crippen molar-refractivity contribution in [3.63, 3.8) is 0 Å². The van der Waals surface area contributed by atoms with Gasteiger partial charge < -0.3 is 34.3 Å². The van der Waals surface area contributed by atoms with E-state index in [1.54, 1.807) is 47.7 Å². The summed E-state index contributed by atoms with van der Waals surface area (Å²) in [4.78, 5) is 0. The zero-order chi connectivity index (χ0) is 16.5. The number of anilines is 1. The molecule has 1 rings (SSSR count). The van der Waals surface area contributed by atoms with Crippen LogP contribution in [0.5, 0.6) is 17.2 Å². The van der Waals surface area contributed by atoms with Crippen LogP contribution in [0.1, 0.15) is 0 Å². The van der Waals surface area contributed by atoms with Gasteiger partial charge in [0.05, 0.1) is 27.9 Å². The Hall–Kier alpha value is -1.77. The van der Waals surface area contributed by atoms with Crippen molar-refractivity contribution in [2.45, 2.75) is 6.29 Å². The minimum absolute atomic E-state index is 0.375. The van der Waals surface area contributed by atoms with Gasteiger partial charge in [0, 0.05) is 32.0 Å². The van der Waals surface area contributed by atoms with Crippen molar-refractivity contribution < 1.29 is 23.7 Å². The molecule has 0 heterocycles. The Kier molecular flexibility index (Phi) is 7.72. The van der Waals surface area contributed by atoms with Gasteiger partial charge in [-0.3, -0.25) is 0 Å². The van der Waals surface area contributed by atoms with Crippen molar-refractivity contribution in [3.8, 4) is 17.2 Å². The molecule has 0 saturated heterocycles. The van der Waals surface area contributed by atoms with Crippen molar-refractivity contribution in [3.05, 3.63) is 12.1 Å². The lowest BCUT2D eigenvalue weighted by atomic mass is 10.2. The molecule has 8 heteroatoms. The van der Waals surface area contributed by atoms with E-state index in [0.29, 0.717) is 34.6 Å². The molecule has 1 aromatic rings. The molecule has 0 bridgehead atoms. The second-order valence-corrected chi connectivity index (χ2v) is 4.56. The molecule has 0 spiro atoms. The molecule has 124 valence electrons. The molecule has 0 saturated carbocycles. The minimum atomic E-state index is -0.375. The lowest BCUT2D eigenvalue weighted by molar-refractivity contribution is -0.0964. The molecule has 0 radical (unpaired) electrons. The SMILES string of the molecule is COc1cc(NC(=S)NCC(OC)OC)cc(OC)c1OC. The van der Waals surface area contributed by atoms with Crippen LogP contribution in [0.3, 0.4) is 0 Å². The summed E-state index contributed by atoms with van der Waals surface area (Å²) < 4.78 is 26.0. The molecular formula is C14H22N2O5S. The largest absolute Gasteiger partial charge is 0.493 e. The van der Waals surface area contributed by atoms with Crippen LogP contribution in [0.2, 0.25) is 0 Å². The van der Waals surface area contributed by atoms with E-state index in [9.17, 15) is 0 Å². The molecule has 0 fully saturated rings. The molecule has 0 aliphatic carbocycles. The van der Waals surface area contributed by atoms with Crippen molar-refractivity contribution in [2.75, 3.05) is 47.4 Å². The predicted molar refractivity (Wildman–Crippen MR) is 88.1 cm³/mol. The molecule has 0 aliphatic heterocycles. The molecule has 2 N–H and O–H groups in total. The van der Waals surface area contributed by atoms with E-state index in [1.165, 1.54) is 0 Å². The fraction of sp³-hybridized carbons (Fsp3) is 0.500. The van der Waals surface area contributed by atoms with Crippen LogP contribution in [0, 0.1) is 0 Å². The Balaban J connectivity index is 2.78. The summed E-state index contributed by atoms with van der Waals surface area (Å²) in [6, 6.07) is 3.53. The van der Waals surface area contributed by atoms with Gasteiger partial charge in [-0.05, 0) is 12.2 Å². The van der Waals surface area contributed by atoms with E-state index in [4.69, 9.17) is 35.9 Å². The highest BCUT2D eigenvalue weighted by Crippen LogP contribution is 2.39. The third-order valence-corrected chi connectivity index (χ3v) is 3.12. The first-order valence-corrected chi connectivity index (χ1v) is 6.90. The van der Waals surface area contributed by atoms with Crippen LogP contribution in [0.15, 0.2) is 12.1 Å². The third-order valence-electron chi connectivity index (χ3n) is 2.88. The highest BCUT2D eigenvalue weighted by atomic mass is 32.1. The molecule has 1 aromatic carbocycles. The van der Waals surface area contributed by atoms with Crippen LogP contribution in [0.4, 0.5) is 5.69 Å². The van der Waals surface area contributed by atoms with E-state index >= 15 is 0 Å². The number of ether oxygens (including phenoxy) is 5. The van der Waals surface area contributed by atoms with E-state index in [-0.39, 0.29) is 6.29 Å². The number of hydrogen-bond donors (Lipinski definition) is 2. The summed E-state index contributed by atoms with van der Waals surface area (Å²) in [5.74, 6) is 1.60. The van der Waals surface area contributed by atoms with Gasteiger partial charge in [0.25, 0.3) is 0 Å². The maximum absolute atomic E-state index is 5.29. The highest BCUT2D eigenvalue weighted by molar-refractivity contribution is 7.80. The number of nitrogens with one attached hydrogen (secondary N) is 2. The van der Waals surface area contributed by atoms with Gasteiger partial charge in [-0.25, -0.2) is 0 Å². The third kappa shape index (κ3) is 4.90. The summed E-state index contributed by atoms with van der Waals surface area (Å²) in [7, 11) is 7.78. The van der Waals surface area contributed by atoms with Gasteiger partial charge in [0.15, 0.2) is 22.9 Å². The predicted octanol–water partition coefficient (Wildman–Crippen LogP) is 1.62. The smallest absolute Gasteiger partial charge is 0.203 e. The second kappa shape index (κ2) is 9.29. The van der Waals surface area contributed by atoms with Gasteiger partial charge >= 0.3 is 0 Å². The van der Waals surface area contributed by atoms with Gasteiger partial charge in [0.1, 0.15) is 0 Å². The number of benzene rings is 1. The Morgan fingerprint density at radius 1 is 1.00 bits per heavy atom. The standard InChI is InChI=1S/C14H22N2O5S/c1-17-10-6-9(7-11(18-2)13(10)21-5)16-14(22)15-8-12(19-3)20-4/h6-7,12H,8H2,1-5H3,(H2,15,16,22). The molecule has 7 nitrogen and oxygen atoms in total. The molecule has 0 aromatic heterocycles. The quantitative estimate of drug-likeness (QED) is 0.550. The molecule has 0 aliphatic rings. The summed E-state index contributed by atoms with van der Waals surface area (Å²) >= 11 is 5.22. The fourth-order valence-corrected chi connectivity index (χ4v) is 1.97. The number of rotatable bonds is 8. The van der Waals surface area contributed by atoms with Crippen molar-refractivity contribution >= 4 is 23.0 Å². The normalized spacial score (nSPS) is 10.3. The van der Waals surface area contributed by atoms with Gasteiger partial charge in [-0.15, -0.1) is 0 Å². The van der Waals surface area contributed by atoms with Crippen molar-refractivity contribution in [1.29, 1.82) is 0 Å². The Morgan fingerprint density at radius 3 is 1.95 bits per heavy atom. The van der Waals surface area contributed by atoms with E-state index < -0.39 is 0 Å². The average Bonchev–Trinajstić information content (AvgIpc) is 2.54. The van der Waals surface area contributed by atoms with E-state index in [0.717, 1.165) is 0 Å². The molecule has 0 atom stereocenters. The summed E-state index contributed by atoms with van der Waals surface area (Å²) in [6.07, 6.45) is -0.375. The van der Waals surface area contributed by atoms with E-state index in [2.05, 4.69) is 10.6 Å². The second-order valence-electron chi connectivity index (χ2n) is 4.15. The Bertz CT molecular complexity index is 469. The monoisotopic (exact) mass is 330 g/mol. The number of hydrogen-bond acceptors (Lipinski definition) is 6. The maximum Gasteiger partial charge on any atom is 0.203 e. The molecule has 0 unspecified atom stereocenters.